The molecule has 3 rings (SSSR count). The predicted molar refractivity (Wildman–Crippen MR) is 103 cm³/mol. The van der Waals surface area contributed by atoms with Crippen molar-refractivity contribution in [1.29, 1.82) is 5.26 Å². The van der Waals surface area contributed by atoms with Gasteiger partial charge in [-0.3, -0.25) is 4.90 Å². The molecule has 0 amide bonds. The van der Waals surface area contributed by atoms with Crippen LogP contribution in [0.15, 0.2) is 36.4 Å². The van der Waals surface area contributed by atoms with Gasteiger partial charge in [0, 0.05) is 13.1 Å². The molecule has 4 nitrogen and oxygen atoms in total. The minimum absolute atomic E-state index is 0.561. The van der Waals surface area contributed by atoms with Gasteiger partial charge in [-0.05, 0) is 68.1 Å². The van der Waals surface area contributed by atoms with Gasteiger partial charge in [-0.25, -0.2) is 0 Å². The fraction of sp³-hybridized carbons (Fsp3) is 0.409. The smallest absolute Gasteiger partial charge is 0.145 e. The summed E-state index contributed by atoms with van der Waals surface area (Å²) in [7, 11) is 0. The summed E-state index contributed by atoms with van der Waals surface area (Å²) in [4.78, 5) is 2.46. The lowest BCUT2D eigenvalue weighted by Crippen LogP contribution is -2.36. The van der Waals surface area contributed by atoms with Gasteiger partial charge < -0.3 is 9.47 Å². The zero-order chi connectivity index (χ0) is 18.4. The Labute approximate surface area is 156 Å². The van der Waals surface area contributed by atoms with Gasteiger partial charge in [-0.2, -0.15) is 5.26 Å². The molecule has 4 heteroatoms. The summed E-state index contributed by atoms with van der Waals surface area (Å²) in [6, 6.07) is 13.9. The van der Waals surface area contributed by atoms with Gasteiger partial charge >= 0.3 is 0 Å². The highest BCUT2D eigenvalue weighted by Crippen LogP contribution is 2.31. The molecule has 1 saturated heterocycles. The number of nitrogens with zero attached hydrogens (tertiary/aromatic N) is 2. The molecule has 2 aromatic carbocycles. The van der Waals surface area contributed by atoms with Gasteiger partial charge in [0.25, 0.3) is 0 Å². The molecule has 0 saturated carbocycles. The average molecular weight is 350 g/mol. The predicted octanol–water partition coefficient (Wildman–Crippen LogP) is 4.23. The van der Waals surface area contributed by atoms with Crippen molar-refractivity contribution in [2.24, 2.45) is 0 Å². The standard InChI is InChI=1S/C22H26N2O2/c1-17-14-18(2)20(7-5-9-24-10-12-25-13-11-24)22(15-17)26-21-8-4-3-6-19(21)16-23/h3-4,6,8,14-15H,5,7,9-13H2,1-2H3. The SMILES string of the molecule is Cc1cc(C)c(CCCN2CCOCC2)c(Oc2ccccc2C#N)c1. The van der Waals surface area contributed by atoms with E-state index in [2.05, 4.69) is 36.9 Å². The summed E-state index contributed by atoms with van der Waals surface area (Å²) in [5.74, 6) is 1.49. The van der Waals surface area contributed by atoms with E-state index < -0.39 is 0 Å². The Morgan fingerprint density at radius 1 is 1.12 bits per heavy atom. The molecule has 1 aliphatic heterocycles. The molecule has 0 bridgehead atoms. The van der Waals surface area contributed by atoms with Crippen LogP contribution >= 0.6 is 0 Å². The van der Waals surface area contributed by atoms with Crippen molar-refractivity contribution in [3.8, 4) is 17.6 Å². The van der Waals surface area contributed by atoms with Gasteiger partial charge in [-0.1, -0.05) is 18.2 Å². The summed E-state index contributed by atoms with van der Waals surface area (Å²) in [6.45, 7) is 9.00. The molecule has 0 radical (unpaired) electrons. The third-order valence-corrected chi connectivity index (χ3v) is 4.81. The van der Waals surface area contributed by atoms with Crippen LogP contribution in [0.2, 0.25) is 0 Å². The first-order valence-electron chi connectivity index (χ1n) is 9.24. The number of morpholine rings is 1. The molecule has 26 heavy (non-hydrogen) atoms. The molecular weight excluding hydrogens is 324 g/mol. The van der Waals surface area contributed by atoms with Crippen LogP contribution in [0.5, 0.6) is 11.5 Å². The lowest BCUT2D eigenvalue weighted by Gasteiger charge is -2.26. The maximum absolute atomic E-state index is 9.31. The number of benzene rings is 2. The number of hydrogen-bond acceptors (Lipinski definition) is 4. The van der Waals surface area contributed by atoms with Crippen molar-refractivity contribution in [3.05, 3.63) is 58.7 Å². The van der Waals surface area contributed by atoms with Gasteiger partial charge in [0.15, 0.2) is 0 Å². The maximum atomic E-state index is 9.31. The molecule has 0 aliphatic carbocycles. The van der Waals surface area contributed by atoms with Crippen LogP contribution in [-0.4, -0.2) is 37.7 Å². The average Bonchev–Trinajstić information content (AvgIpc) is 2.65. The van der Waals surface area contributed by atoms with Crippen molar-refractivity contribution in [2.75, 3.05) is 32.8 Å². The van der Waals surface area contributed by atoms with Crippen molar-refractivity contribution in [1.82, 2.24) is 4.90 Å². The van der Waals surface area contributed by atoms with Crippen molar-refractivity contribution in [3.63, 3.8) is 0 Å². The van der Waals surface area contributed by atoms with Crippen molar-refractivity contribution < 1.29 is 9.47 Å². The number of ether oxygens (including phenoxy) is 2. The first-order valence-corrected chi connectivity index (χ1v) is 9.24. The van der Waals surface area contributed by atoms with E-state index in [4.69, 9.17) is 9.47 Å². The fourth-order valence-electron chi connectivity index (χ4n) is 3.44. The number of hydrogen-bond donors (Lipinski definition) is 0. The molecule has 2 aromatic rings. The Balaban J connectivity index is 1.75. The van der Waals surface area contributed by atoms with Gasteiger partial charge in [0.05, 0.1) is 18.8 Å². The normalized spacial score (nSPS) is 14.8. The van der Waals surface area contributed by atoms with Crippen molar-refractivity contribution >= 4 is 0 Å². The molecule has 1 heterocycles. The lowest BCUT2D eigenvalue weighted by atomic mass is 10.00. The summed E-state index contributed by atoms with van der Waals surface area (Å²) < 4.78 is 11.6. The summed E-state index contributed by atoms with van der Waals surface area (Å²) in [6.07, 6.45) is 2.05. The van der Waals surface area contributed by atoms with Gasteiger partial charge in [-0.15, -0.1) is 0 Å². The highest BCUT2D eigenvalue weighted by atomic mass is 16.5. The van der Waals surface area contributed by atoms with Crippen LogP contribution in [0.3, 0.4) is 0 Å². The van der Waals surface area contributed by atoms with E-state index in [1.165, 1.54) is 16.7 Å². The summed E-state index contributed by atoms with van der Waals surface area (Å²) in [5.41, 5.74) is 4.21. The van der Waals surface area contributed by atoms with Crippen LogP contribution in [0.4, 0.5) is 0 Å². The molecule has 1 fully saturated rings. The van der Waals surface area contributed by atoms with Crippen LogP contribution in [0.25, 0.3) is 0 Å². The minimum Gasteiger partial charge on any atom is -0.456 e. The van der Waals surface area contributed by atoms with E-state index in [1.54, 1.807) is 6.07 Å². The zero-order valence-corrected chi connectivity index (χ0v) is 15.6. The Morgan fingerprint density at radius 3 is 2.65 bits per heavy atom. The third kappa shape index (κ3) is 4.63. The molecule has 0 unspecified atom stereocenters. The molecule has 1 aliphatic rings. The molecule has 0 N–H and O–H groups in total. The number of aryl methyl sites for hydroxylation is 2. The molecule has 0 spiro atoms. The second kappa shape index (κ2) is 8.84. The minimum atomic E-state index is 0.561. The van der Waals surface area contributed by atoms with Crippen LogP contribution in [0, 0.1) is 25.2 Å². The Morgan fingerprint density at radius 2 is 1.88 bits per heavy atom. The first-order chi connectivity index (χ1) is 12.7. The van der Waals surface area contributed by atoms with Crippen LogP contribution < -0.4 is 4.74 Å². The second-order valence-electron chi connectivity index (χ2n) is 6.83. The maximum Gasteiger partial charge on any atom is 0.145 e. The van der Waals surface area contributed by atoms with E-state index in [-0.39, 0.29) is 0 Å². The lowest BCUT2D eigenvalue weighted by molar-refractivity contribution is 0.0374. The largest absolute Gasteiger partial charge is 0.456 e. The summed E-state index contributed by atoms with van der Waals surface area (Å²) in [5, 5.41) is 9.31. The van der Waals surface area contributed by atoms with E-state index in [1.807, 2.05) is 18.2 Å². The molecule has 0 atom stereocenters. The van der Waals surface area contributed by atoms with Crippen LogP contribution in [-0.2, 0) is 11.2 Å². The summed E-state index contributed by atoms with van der Waals surface area (Å²) >= 11 is 0. The fourth-order valence-corrected chi connectivity index (χ4v) is 3.44. The molecule has 136 valence electrons. The number of nitriles is 1. The van der Waals surface area contributed by atoms with Crippen molar-refractivity contribution in [2.45, 2.75) is 26.7 Å². The number of para-hydroxylation sites is 1. The van der Waals surface area contributed by atoms with Gasteiger partial charge in [0.2, 0.25) is 0 Å². The second-order valence-corrected chi connectivity index (χ2v) is 6.83. The van der Waals surface area contributed by atoms with E-state index in [9.17, 15) is 5.26 Å². The van der Waals surface area contributed by atoms with E-state index in [0.29, 0.717) is 11.3 Å². The Kier molecular flexibility index (Phi) is 6.27. The highest BCUT2D eigenvalue weighted by Gasteiger charge is 2.14. The van der Waals surface area contributed by atoms with Crippen LogP contribution in [0.1, 0.15) is 28.7 Å². The highest BCUT2D eigenvalue weighted by molar-refractivity contribution is 5.49. The quantitative estimate of drug-likeness (QED) is 0.782. The Hall–Kier alpha value is -2.35. The Bertz CT molecular complexity index is 789. The van der Waals surface area contributed by atoms with Gasteiger partial charge in [0.1, 0.15) is 17.6 Å². The topological polar surface area (TPSA) is 45.5 Å². The molecule has 0 aromatic heterocycles. The monoisotopic (exact) mass is 350 g/mol. The first kappa shape index (κ1) is 18.4. The molecular formula is C22H26N2O2. The zero-order valence-electron chi connectivity index (χ0n) is 15.6. The van der Waals surface area contributed by atoms with E-state index in [0.717, 1.165) is 51.4 Å². The van der Waals surface area contributed by atoms with E-state index >= 15 is 0 Å². The third-order valence-electron chi connectivity index (χ3n) is 4.81. The number of rotatable bonds is 6.